The van der Waals surface area contributed by atoms with Crippen LogP contribution in [0.2, 0.25) is 0 Å². The van der Waals surface area contributed by atoms with E-state index in [-0.39, 0.29) is 16.7 Å². The first-order valence-corrected chi connectivity index (χ1v) is 7.09. The fourth-order valence-corrected chi connectivity index (χ4v) is 2.56. The van der Waals surface area contributed by atoms with Crippen LogP contribution < -0.4 is 11.1 Å². The van der Waals surface area contributed by atoms with Crippen LogP contribution in [0.15, 0.2) is 24.4 Å². The number of anilines is 1. The number of nitrogens with zero attached hydrogens (tertiary/aromatic N) is 2. The van der Waals surface area contributed by atoms with Gasteiger partial charge < -0.3 is 11.1 Å². The van der Waals surface area contributed by atoms with Gasteiger partial charge in [0.25, 0.3) is 5.69 Å². The molecule has 0 bridgehead atoms. The normalized spacial score (nSPS) is 15.9. The Balaban J connectivity index is 1.95. The molecule has 0 saturated heterocycles. The van der Waals surface area contributed by atoms with E-state index in [0.717, 1.165) is 16.8 Å². The number of aromatic nitrogens is 1. The van der Waals surface area contributed by atoms with E-state index in [1.807, 2.05) is 13.0 Å². The highest BCUT2D eigenvalue weighted by atomic mass is 16.6. The number of hydrogen-bond donors (Lipinski definition) is 2. The maximum atomic E-state index is 11.1. The van der Waals surface area contributed by atoms with Gasteiger partial charge in [0.05, 0.1) is 10.3 Å². The van der Waals surface area contributed by atoms with Crippen molar-refractivity contribution in [2.75, 3.05) is 11.9 Å². The lowest BCUT2D eigenvalue weighted by atomic mass is 10.1. The summed E-state index contributed by atoms with van der Waals surface area (Å²) >= 11 is 0. The van der Waals surface area contributed by atoms with Crippen LogP contribution in [0.1, 0.15) is 18.5 Å². The summed E-state index contributed by atoms with van der Waals surface area (Å²) in [5.74, 6) is 0.616. The molecule has 1 fully saturated rings. The van der Waals surface area contributed by atoms with Crippen molar-refractivity contribution >= 4 is 22.1 Å². The average molecular weight is 286 g/mol. The number of fused-ring (bicyclic) bond motifs is 1. The molecule has 3 N–H and O–H groups in total. The second-order valence-corrected chi connectivity index (χ2v) is 5.64. The molecule has 1 aromatic heterocycles. The summed E-state index contributed by atoms with van der Waals surface area (Å²) in [4.78, 5) is 14.9. The van der Waals surface area contributed by atoms with Gasteiger partial charge in [0.2, 0.25) is 0 Å². The Labute approximate surface area is 122 Å². The third-order valence-corrected chi connectivity index (χ3v) is 3.97. The summed E-state index contributed by atoms with van der Waals surface area (Å²) in [5.41, 5.74) is 7.88. The van der Waals surface area contributed by atoms with Crippen molar-refractivity contribution in [1.82, 2.24) is 4.98 Å². The lowest BCUT2D eigenvalue weighted by Crippen LogP contribution is -2.31. The van der Waals surface area contributed by atoms with Crippen LogP contribution in [0.25, 0.3) is 10.8 Å². The second kappa shape index (κ2) is 5.29. The molecular weight excluding hydrogens is 268 g/mol. The van der Waals surface area contributed by atoms with E-state index in [0.29, 0.717) is 17.8 Å². The summed E-state index contributed by atoms with van der Waals surface area (Å²) < 4.78 is 0. The number of nitro groups is 1. The van der Waals surface area contributed by atoms with Gasteiger partial charge in [-0.1, -0.05) is 0 Å². The van der Waals surface area contributed by atoms with E-state index in [9.17, 15) is 10.1 Å². The van der Waals surface area contributed by atoms with Crippen molar-refractivity contribution in [1.29, 1.82) is 0 Å². The van der Waals surface area contributed by atoms with E-state index in [1.165, 1.54) is 18.9 Å². The zero-order valence-corrected chi connectivity index (χ0v) is 11.9. The van der Waals surface area contributed by atoms with Gasteiger partial charge in [-0.3, -0.25) is 15.1 Å². The van der Waals surface area contributed by atoms with Crippen LogP contribution in [0.3, 0.4) is 0 Å². The molecule has 1 unspecified atom stereocenters. The largest absolute Gasteiger partial charge is 0.383 e. The van der Waals surface area contributed by atoms with Crippen LogP contribution in [0.4, 0.5) is 11.4 Å². The molecule has 2 aromatic rings. The second-order valence-electron chi connectivity index (χ2n) is 5.64. The fourth-order valence-electron chi connectivity index (χ4n) is 2.56. The van der Waals surface area contributed by atoms with Crippen LogP contribution in [0.5, 0.6) is 0 Å². The summed E-state index contributed by atoms with van der Waals surface area (Å²) in [7, 11) is 0. The van der Waals surface area contributed by atoms with Gasteiger partial charge in [-0.25, -0.2) is 0 Å². The van der Waals surface area contributed by atoms with Crippen molar-refractivity contribution in [3.8, 4) is 0 Å². The SMILES string of the molecule is Cc1cc2c(NCC(N)C3CC3)ccc([N+](=O)[O-])c2cn1. The molecule has 6 nitrogen and oxygen atoms in total. The van der Waals surface area contributed by atoms with Crippen LogP contribution in [-0.2, 0) is 0 Å². The predicted octanol–water partition coefficient (Wildman–Crippen LogP) is 2.60. The molecule has 0 radical (unpaired) electrons. The van der Waals surface area contributed by atoms with Crippen molar-refractivity contribution in [3.63, 3.8) is 0 Å². The summed E-state index contributed by atoms with van der Waals surface area (Å²) in [6.07, 6.45) is 3.97. The topological polar surface area (TPSA) is 94.1 Å². The third kappa shape index (κ3) is 2.80. The number of non-ortho nitro benzene ring substituents is 1. The number of pyridine rings is 1. The fraction of sp³-hybridized carbons (Fsp3) is 0.400. The number of aryl methyl sites for hydroxylation is 1. The van der Waals surface area contributed by atoms with Gasteiger partial charge in [0.1, 0.15) is 0 Å². The lowest BCUT2D eigenvalue weighted by molar-refractivity contribution is -0.383. The molecule has 3 rings (SSSR count). The number of hydrogen-bond acceptors (Lipinski definition) is 5. The highest BCUT2D eigenvalue weighted by molar-refractivity contribution is 5.99. The molecule has 110 valence electrons. The molecular formula is C15H18N4O2. The monoisotopic (exact) mass is 286 g/mol. The number of rotatable bonds is 5. The van der Waals surface area contributed by atoms with E-state index < -0.39 is 0 Å². The number of nitrogens with two attached hydrogens (primary N) is 1. The Kier molecular flexibility index (Phi) is 3.47. The smallest absolute Gasteiger partial charge is 0.278 e. The molecule has 0 spiro atoms. The van der Waals surface area contributed by atoms with Gasteiger partial charge in [-0.05, 0) is 37.8 Å². The summed E-state index contributed by atoms with van der Waals surface area (Å²) in [5, 5.41) is 15.8. The number of nitro benzene ring substituents is 1. The Morgan fingerprint density at radius 3 is 2.90 bits per heavy atom. The lowest BCUT2D eigenvalue weighted by Gasteiger charge is -2.14. The quantitative estimate of drug-likeness (QED) is 0.651. The Hall–Kier alpha value is -2.21. The van der Waals surface area contributed by atoms with Crippen molar-refractivity contribution in [2.24, 2.45) is 11.7 Å². The van der Waals surface area contributed by atoms with Crippen molar-refractivity contribution in [3.05, 3.63) is 40.2 Å². The first kappa shape index (κ1) is 13.8. The van der Waals surface area contributed by atoms with Crippen LogP contribution in [0, 0.1) is 23.0 Å². The summed E-state index contributed by atoms with van der Waals surface area (Å²) in [6, 6.07) is 5.27. The molecule has 0 aliphatic heterocycles. The average Bonchev–Trinajstić information content (AvgIpc) is 3.28. The Bertz CT molecular complexity index is 697. The maximum absolute atomic E-state index is 11.1. The standard InChI is InChI=1S/C15H18N4O2/c1-9-6-11-12(7-17-9)15(19(20)21)5-4-14(11)18-8-13(16)10-2-3-10/h4-7,10,13,18H,2-3,8,16H2,1H3. The van der Waals surface area contributed by atoms with Crippen molar-refractivity contribution < 1.29 is 4.92 Å². The molecule has 21 heavy (non-hydrogen) atoms. The zero-order chi connectivity index (χ0) is 15.0. The van der Waals surface area contributed by atoms with Crippen LogP contribution in [-0.4, -0.2) is 22.5 Å². The molecule has 1 aliphatic rings. The molecule has 1 aliphatic carbocycles. The van der Waals surface area contributed by atoms with Crippen molar-refractivity contribution in [2.45, 2.75) is 25.8 Å². The Morgan fingerprint density at radius 2 is 2.24 bits per heavy atom. The molecule has 1 saturated carbocycles. The minimum atomic E-state index is -0.376. The molecule has 1 aromatic carbocycles. The van der Waals surface area contributed by atoms with E-state index in [2.05, 4.69) is 10.3 Å². The van der Waals surface area contributed by atoms with Gasteiger partial charge in [-0.2, -0.15) is 0 Å². The predicted molar refractivity (Wildman–Crippen MR) is 82.3 cm³/mol. The van der Waals surface area contributed by atoms with Gasteiger partial charge in [-0.15, -0.1) is 0 Å². The van der Waals surface area contributed by atoms with Gasteiger partial charge in [0, 0.05) is 41.6 Å². The summed E-state index contributed by atoms with van der Waals surface area (Å²) in [6.45, 7) is 2.55. The third-order valence-electron chi connectivity index (χ3n) is 3.97. The molecule has 0 amide bonds. The van der Waals surface area contributed by atoms with Gasteiger partial charge in [0.15, 0.2) is 0 Å². The zero-order valence-electron chi connectivity index (χ0n) is 11.9. The van der Waals surface area contributed by atoms with Gasteiger partial charge >= 0.3 is 0 Å². The number of nitrogens with one attached hydrogen (secondary N) is 1. The first-order chi connectivity index (χ1) is 10.1. The minimum Gasteiger partial charge on any atom is -0.383 e. The van der Waals surface area contributed by atoms with E-state index in [1.54, 1.807) is 12.3 Å². The molecule has 1 heterocycles. The minimum absolute atomic E-state index is 0.0783. The highest BCUT2D eigenvalue weighted by Crippen LogP contribution is 2.33. The Morgan fingerprint density at radius 1 is 1.48 bits per heavy atom. The molecule has 6 heteroatoms. The van der Waals surface area contributed by atoms with E-state index in [4.69, 9.17) is 5.73 Å². The van der Waals surface area contributed by atoms with Crippen LogP contribution >= 0.6 is 0 Å². The molecule has 1 atom stereocenters. The van der Waals surface area contributed by atoms with E-state index >= 15 is 0 Å². The first-order valence-electron chi connectivity index (χ1n) is 7.09. The number of benzene rings is 1. The highest BCUT2D eigenvalue weighted by Gasteiger charge is 2.28. The maximum Gasteiger partial charge on any atom is 0.278 e.